The number of aromatic nitrogens is 1. The predicted molar refractivity (Wildman–Crippen MR) is 84.4 cm³/mol. The van der Waals surface area contributed by atoms with E-state index in [1.807, 2.05) is 0 Å². The minimum atomic E-state index is -0.525. The number of nitrogens with one attached hydrogen (secondary N) is 1. The molecule has 5 nitrogen and oxygen atoms in total. The molecule has 1 aromatic heterocycles. The number of carbonyl (C=O) groups excluding carboxylic acids is 1. The Bertz CT molecular complexity index is 657. The Balaban J connectivity index is 2.42. The van der Waals surface area contributed by atoms with Crippen molar-refractivity contribution in [1.29, 1.82) is 0 Å². The molecule has 2 aromatic rings. The van der Waals surface area contributed by atoms with E-state index in [1.165, 1.54) is 12.3 Å². The first kappa shape index (κ1) is 15.4. The van der Waals surface area contributed by atoms with Crippen molar-refractivity contribution in [2.45, 2.75) is 6.92 Å². The molecule has 0 unspecified atom stereocenters. The van der Waals surface area contributed by atoms with Gasteiger partial charge in [0.2, 0.25) is 0 Å². The van der Waals surface area contributed by atoms with Gasteiger partial charge in [-0.25, -0.2) is 9.78 Å². The van der Waals surface area contributed by atoms with E-state index in [-0.39, 0.29) is 18.0 Å². The van der Waals surface area contributed by atoms with E-state index < -0.39 is 5.97 Å². The zero-order valence-corrected chi connectivity index (χ0v) is 12.7. The Morgan fingerprint density at radius 1 is 1.38 bits per heavy atom. The fourth-order valence-electron chi connectivity index (χ4n) is 1.68. The number of benzene rings is 1. The number of nitrogens with zero attached hydrogens (tertiary/aromatic N) is 1. The third-order valence-corrected chi connectivity index (χ3v) is 3.24. The van der Waals surface area contributed by atoms with Crippen LogP contribution in [0.5, 0.6) is 0 Å². The van der Waals surface area contributed by atoms with Crippen LogP contribution < -0.4 is 11.1 Å². The van der Waals surface area contributed by atoms with Gasteiger partial charge in [0.15, 0.2) is 0 Å². The number of hydrogen-bond acceptors (Lipinski definition) is 5. The highest BCUT2D eigenvalue weighted by Crippen LogP contribution is 2.33. The lowest BCUT2D eigenvalue weighted by molar-refractivity contribution is 0.0527. The third kappa shape index (κ3) is 3.56. The molecule has 0 atom stereocenters. The van der Waals surface area contributed by atoms with Crippen molar-refractivity contribution in [1.82, 2.24) is 4.98 Å². The second-order valence-corrected chi connectivity index (χ2v) is 4.92. The largest absolute Gasteiger partial charge is 0.462 e. The smallest absolute Gasteiger partial charge is 0.341 e. The molecule has 0 aliphatic carbocycles. The van der Waals surface area contributed by atoms with Crippen LogP contribution in [0.4, 0.5) is 17.2 Å². The van der Waals surface area contributed by atoms with Crippen LogP contribution in [0, 0.1) is 0 Å². The van der Waals surface area contributed by atoms with Crippen molar-refractivity contribution < 1.29 is 9.53 Å². The van der Waals surface area contributed by atoms with E-state index in [4.69, 9.17) is 33.7 Å². The Morgan fingerprint density at radius 2 is 2.05 bits per heavy atom. The number of pyridine rings is 1. The van der Waals surface area contributed by atoms with Gasteiger partial charge in [-0.05, 0) is 25.1 Å². The highest BCUT2D eigenvalue weighted by Gasteiger charge is 2.16. The van der Waals surface area contributed by atoms with Crippen LogP contribution in [0.15, 0.2) is 30.5 Å². The van der Waals surface area contributed by atoms with Crippen molar-refractivity contribution >= 4 is 46.4 Å². The van der Waals surface area contributed by atoms with E-state index in [2.05, 4.69) is 10.3 Å². The van der Waals surface area contributed by atoms with E-state index in [0.29, 0.717) is 21.4 Å². The van der Waals surface area contributed by atoms with E-state index in [9.17, 15) is 4.79 Å². The molecule has 3 N–H and O–H groups in total. The fourth-order valence-corrected chi connectivity index (χ4v) is 2.17. The van der Waals surface area contributed by atoms with E-state index >= 15 is 0 Å². The van der Waals surface area contributed by atoms with Crippen LogP contribution in [-0.4, -0.2) is 17.6 Å². The number of rotatable bonds is 4. The van der Waals surface area contributed by atoms with Gasteiger partial charge < -0.3 is 15.8 Å². The van der Waals surface area contributed by atoms with Crippen LogP contribution >= 0.6 is 23.2 Å². The molecule has 110 valence electrons. The first-order valence-electron chi connectivity index (χ1n) is 6.16. The topological polar surface area (TPSA) is 77.2 Å². The summed E-state index contributed by atoms with van der Waals surface area (Å²) in [5, 5.41) is 3.77. The summed E-state index contributed by atoms with van der Waals surface area (Å²) in [4.78, 5) is 16.1. The number of nitrogens with two attached hydrogens (primary N) is 1. The van der Waals surface area contributed by atoms with Crippen molar-refractivity contribution in [3.05, 3.63) is 46.1 Å². The second kappa shape index (κ2) is 6.65. The van der Waals surface area contributed by atoms with Crippen LogP contribution in [0.3, 0.4) is 0 Å². The summed E-state index contributed by atoms with van der Waals surface area (Å²) < 4.78 is 4.98. The highest BCUT2D eigenvalue weighted by molar-refractivity contribution is 6.39. The molecule has 0 radical (unpaired) electrons. The number of halogens is 2. The normalized spacial score (nSPS) is 10.2. The summed E-state index contributed by atoms with van der Waals surface area (Å²) in [5.74, 6) is -0.249. The maximum atomic E-state index is 12.0. The summed E-state index contributed by atoms with van der Waals surface area (Å²) in [6.45, 7) is 1.97. The molecule has 0 aliphatic heterocycles. The molecule has 0 bridgehead atoms. The standard InChI is InChI=1S/C14H13Cl2N3O2/c1-2-21-14(20)9-6-8(17)7-18-13(9)19-12-10(15)4-3-5-11(12)16/h3-7H,2,17H2,1H3,(H,18,19). The average molecular weight is 326 g/mol. The number of carbonyl (C=O) groups is 1. The Kier molecular flexibility index (Phi) is 4.88. The van der Waals surface area contributed by atoms with Crippen molar-refractivity contribution in [2.75, 3.05) is 17.7 Å². The quantitative estimate of drug-likeness (QED) is 0.834. The lowest BCUT2D eigenvalue weighted by atomic mass is 10.2. The molecule has 1 aromatic carbocycles. The van der Waals surface area contributed by atoms with Crippen LogP contribution in [0.1, 0.15) is 17.3 Å². The minimum absolute atomic E-state index is 0.216. The van der Waals surface area contributed by atoms with Crippen LogP contribution in [0.2, 0.25) is 10.0 Å². The van der Waals surface area contributed by atoms with Gasteiger partial charge in [-0.15, -0.1) is 0 Å². The summed E-state index contributed by atoms with van der Waals surface area (Å²) in [7, 11) is 0. The summed E-state index contributed by atoms with van der Waals surface area (Å²) in [6, 6.07) is 6.56. The van der Waals surface area contributed by atoms with Gasteiger partial charge in [-0.3, -0.25) is 0 Å². The molecule has 0 saturated heterocycles. The highest BCUT2D eigenvalue weighted by atomic mass is 35.5. The van der Waals surface area contributed by atoms with Gasteiger partial charge in [-0.1, -0.05) is 29.3 Å². The molecule has 0 aliphatic rings. The van der Waals surface area contributed by atoms with Crippen molar-refractivity contribution in [3.8, 4) is 0 Å². The zero-order chi connectivity index (χ0) is 15.4. The third-order valence-electron chi connectivity index (χ3n) is 2.61. The molecule has 1 heterocycles. The lowest BCUT2D eigenvalue weighted by Crippen LogP contribution is -2.10. The van der Waals surface area contributed by atoms with E-state index in [1.54, 1.807) is 25.1 Å². The molecule has 2 rings (SSSR count). The monoisotopic (exact) mass is 325 g/mol. The van der Waals surface area contributed by atoms with Gasteiger partial charge in [0.25, 0.3) is 0 Å². The van der Waals surface area contributed by atoms with Crippen molar-refractivity contribution in [3.63, 3.8) is 0 Å². The van der Waals surface area contributed by atoms with Crippen molar-refractivity contribution in [2.24, 2.45) is 0 Å². The zero-order valence-electron chi connectivity index (χ0n) is 11.2. The molecule has 0 amide bonds. The fraction of sp³-hybridized carbons (Fsp3) is 0.143. The Morgan fingerprint density at radius 3 is 2.67 bits per heavy atom. The lowest BCUT2D eigenvalue weighted by Gasteiger charge is -2.13. The summed E-state index contributed by atoms with van der Waals surface area (Å²) >= 11 is 12.2. The minimum Gasteiger partial charge on any atom is -0.462 e. The molecule has 21 heavy (non-hydrogen) atoms. The van der Waals surface area contributed by atoms with Crippen LogP contribution in [-0.2, 0) is 4.74 Å². The van der Waals surface area contributed by atoms with Crippen LogP contribution in [0.25, 0.3) is 0 Å². The summed E-state index contributed by atoms with van der Waals surface area (Å²) in [6.07, 6.45) is 1.43. The Labute approximate surface area is 132 Å². The maximum absolute atomic E-state index is 12.0. The van der Waals surface area contributed by atoms with Gasteiger partial charge in [0.05, 0.1) is 34.2 Å². The van der Waals surface area contributed by atoms with Gasteiger partial charge >= 0.3 is 5.97 Å². The Hall–Kier alpha value is -1.98. The molecular weight excluding hydrogens is 313 g/mol. The van der Waals surface area contributed by atoms with Gasteiger partial charge in [0, 0.05) is 0 Å². The number of anilines is 3. The van der Waals surface area contributed by atoms with Gasteiger partial charge in [-0.2, -0.15) is 0 Å². The number of hydrogen-bond donors (Lipinski definition) is 2. The molecular formula is C14H13Cl2N3O2. The number of esters is 1. The molecule has 0 spiro atoms. The maximum Gasteiger partial charge on any atom is 0.341 e. The summed E-state index contributed by atoms with van der Waals surface area (Å²) in [5.41, 5.74) is 6.70. The first-order chi connectivity index (χ1) is 10.0. The predicted octanol–water partition coefficient (Wildman–Crippen LogP) is 3.89. The van der Waals surface area contributed by atoms with E-state index in [0.717, 1.165) is 0 Å². The number of nitrogen functional groups attached to an aromatic ring is 1. The SMILES string of the molecule is CCOC(=O)c1cc(N)cnc1Nc1c(Cl)cccc1Cl. The molecule has 0 fully saturated rings. The average Bonchev–Trinajstić information content (AvgIpc) is 2.44. The number of para-hydroxylation sites is 1. The molecule has 7 heteroatoms. The second-order valence-electron chi connectivity index (χ2n) is 4.11. The van der Waals surface area contributed by atoms with Gasteiger partial charge in [0.1, 0.15) is 11.4 Å². The number of ether oxygens (including phenoxy) is 1. The molecule has 0 saturated carbocycles. The first-order valence-corrected chi connectivity index (χ1v) is 6.92.